The second-order valence-electron chi connectivity index (χ2n) is 4.34. The number of rotatable bonds is 3. The van der Waals surface area contributed by atoms with Crippen molar-refractivity contribution in [2.75, 3.05) is 21.3 Å². The minimum Gasteiger partial charge on any atom is -0.381 e. The van der Waals surface area contributed by atoms with Gasteiger partial charge in [-0.15, -0.1) is 11.6 Å². The van der Waals surface area contributed by atoms with Crippen LogP contribution in [0.2, 0.25) is 0 Å². The maximum atomic E-state index is 11.4. The third kappa shape index (κ3) is 3.24. The van der Waals surface area contributed by atoms with Gasteiger partial charge < -0.3 is 20.1 Å². The Balaban J connectivity index is 2.77. The molecule has 1 aliphatic carbocycles. The quantitative estimate of drug-likeness (QED) is 0.747. The van der Waals surface area contributed by atoms with Crippen molar-refractivity contribution in [3.63, 3.8) is 0 Å². The molecule has 5 nitrogen and oxygen atoms in total. The molecule has 1 saturated carbocycles. The second-order valence-corrected chi connectivity index (χ2v) is 4.84. The number of carbonyl (C=O) groups excluding carboxylic acids is 1. The fourth-order valence-electron chi connectivity index (χ4n) is 2.30. The number of ether oxygens (including phenoxy) is 2. The largest absolute Gasteiger partial charge is 0.381 e. The number of nitrogens with one attached hydrogen (secondary N) is 2. The lowest BCUT2D eigenvalue weighted by atomic mass is 9.81. The number of halogens is 1. The van der Waals surface area contributed by atoms with Gasteiger partial charge in [0.1, 0.15) is 0 Å². The first-order valence-corrected chi connectivity index (χ1v) is 6.16. The Morgan fingerprint density at radius 3 is 2.35 bits per heavy atom. The topological polar surface area (TPSA) is 59.6 Å². The van der Waals surface area contributed by atoms with Crippen LogP contribution in [0.1, 0.15) is 13.3 Å². The third-order valence-electron chi connectivity index (χ3n) is 3.45. The zero-order valence-corrected chi connectivity index (χ0v) is 11.5. The number of alkyl halides is 1. The SMILES string of the molecule is CNC(=O)NC1C(C)C(OC)CC(OC)C1Cl. The second kappa shape index (κ2) is 6.42. The van der Waals surface area contributed by atoms with Crippen LogP contribution in [0.4, 0.5) is 4.79 Å². The Morgan fingerprint density at radius 2 is 1.88 bits per heavy atom. The van der Waals surface area contributed by atoms with Gasteiger partial charge in [0.25, 0.3) is 0 Å². The average molecular weight is 265 g/mol. The number of methoxy groups -OCH3 is 2. The van der Waals surface area contributed by atoms with E-state index in [1.54, 1.807) is 21.3 Å². The van der Waals surface area contributed by atoms with Crippen LogP contribution < -0.4 is 10.6 Å². The van der Waals surface area contributed by atoms with Gasteiger partial charge in [0, 0.05) is 33.6 Å². The molecule has 0 heterocycles. The molecule has 5 atom stereocenters. The average Bonchev–Trinajstić information content (AvgIpc) is 2.34. The molecule has 0 aliphatic heterocycles. The van der Waals surface area contributed by atoms with E-state index >= 15 is 0 Å². The summed E-state index contributed by atoms with van der Waals surface area (Å²) in [5.41, 5.74) is 0. The van der Waals surface area contributed by atoms with Gasteiger partial charge in [0.2, 0.25) is 0 Å². The molecule has 0 saturated heterocycles. The van der Waals surface area contributed by atoms with Gasteiger partial charge >= 0.3 is 6.03 Å². The summed E-state index contributed by atoms with van der Waals surface area (Å²) in [5.74, 6) is 0.145. The zero-order valence-electron chi connectivity index (χ0n) is 10.7. The summed E-state index contributed by atoms with van der Waals surface area (Å²) in [6.45, 7) is 2.02. The van der Waals surface area contributed by atoms with Gasteiger partial charge in [-0.1, -0.05) is 6.92 Å². The Kier molecular flexibility index (Phi) is 5.49. The van der Waals surface area contributed by atoms with Crippen LogP contribution in [0.25, 0.3) is 0 Å². The smallest absolute Gasteiger partial charge is 0.314 e. The Morgan fingerprint density at radius 1 is 1.29 bits per heavy atom. The van der Waals surface area contributed by atoms with E-state index in [4.69, 9.17) is 21.1 Å². The molecule has 1 aliphatic rings. The molecule has 17 heavy (non-hydrogen) atoms. The van der Waals surface area contributed by atoms with Crippen molar-refractivity contribution in [1.82, 2.24) is 10.6 Å². The van der Waals surface area contributed by atoms with Crippen molar-refractivity contribution < 1.29 is 14.3 Å². The highest BCUT2D eigenvalue weighted by Gasteiger charge is 2.43. The molecule has 6 heteroatoms. The first-order valence-electron chi connectivity index (χ1n) is 5.73. The summed E-state index contributed by atoms with van der Waals surface area (Å²) in [6, 6.07) is -0.403. The lowest BCUT2D eigenvalue weighted by molar-refractivity contribution is -0.0458. The molecule has 1 rings (SSSR count). The fourth-order valence-corrected chi connectivity index (χ4v) is 2.80. The van der Waals surface area contributed by atoms with Gasteiger partial charge in [-0.25, -0.2) is 4.79 Å². The van der Waals surface area contributed by atoms with E-state index in [0.29, 0.717) is 0 Å². The summed E-state index contributed by atoms with van der Waals surface area (Å²) >= 11 is 6.34. The molecule has 100 valence electrons. The van der Waals surface area contributed by atoms with Crippen molar-refractivity contribution in [3.05, 3.63) is 0 Å². The van der Waals surface area contributed by atoms with Crippen molar-refractivity contribution >= 4 is 17.6 Å². The van der Waals surface area contributed by atoms with Crippen LogP contribution in [0.5, 0.6) is 0 Å². The van der Waals surface area contributed by atoms with Crippen molar-refractivity contribution in [2.45, 2.75) is 37.0 Å². The van der Waals surface area contributed by atoms with Crippen molar-refractivity contribution in [3.8, 4) is 0 Å². The van der Waals surface area contributed by atoms with Gasteiger partial charge in [0.05, 0.1) is 23.6 Å². The monoisotopic (exact) mass is 264 g/mol. The maximum Gasteiger partial charge on any atom is 0.314 e. The molecule has 0 aromatic heterocycles. The van der Waals surface area contributed by atoms with Crippen LogP contribution >= 0.6 is 11.6 Å². The van der Waals surface area contributed by atoms with E-state index in [9.17, 15) is 4.79 Å². The highest BCUT2D eigenvalue weighted by molar-refractivity contribution is 6.21. The summed E-state index contributed by atoms with van der Waals surface area (Å²) in [4.78, 5) is 11.4. The summed E-state index contributed by atoms with van der Waals surface area (Å²) in [6.07, 6.45) is 0.672. The minimum absolute atomic E-state index is 0.0390. The molecule has 2 N–H and O–H groups in total. The molecule has 1 fully saturated rings. The molecule has 0 aromatic carbocycles. The lowest BCUT2D eigenvalue weighted by Crippen LogP contribution is -2.59. The number of amides is 2. The predicted molar refractivity (Wildman–Crippen MR) is 66.4 cm³/mol. The van der Waals surface area contributed by atoms with Crippen molar-refractivity contribution in [2.24, 2.45) is 5.92 Å². The lowest BCUT2D eigenvalue weighted by Gasteiger charge is -2.42. The summed E-state index contributed by atoms with van der Waals surface area (Å²) < 4.78 is 10.8. The molecule has 0 spiro atoms. The number of carbonyl (C=O) groups is 1. The third-order valence-corrected chi connectivity index (χ3v) is 4.00. The highest BCUT2D eigenvalue weighted by atomic mass is 35.5. The fraction of sp³-hybridized carbons (Fsp3) is 0.909. The highest BCUT2D eigenvalue weighted by Crippen LogP contribution is 2.32. The normalized spacial score (nSPS) is 37.6. The molecule has 0 radical (unpaired) electrons. The molecule has 0 bridgehead atoms. The van der Waals surface area contributed by atoms with Gasteiger partial charge in [-0.3, -0.25) is 0 Å². The van der Waals surface area contributed by atoms with Gasteiger partial charge in [-0.05, 0) is 0 Å². The molecule has 2 amide bonds. The van der Waals surface area contributed by atoms with Crippen LogP contribution in [-0.2, 0) is 9.47 Å². The minimum atomic E-state index is -0.251. The van der Waals surface area contributed by atoms with Crippen LogP contribution in [0.15, 0.2) is 0 Å². The van der Waals surface area contributed by atoms with Crippen LogP contribution in [-0.4, -0.2) is 50.9 Å². The molecular weight excluding hydrogens is 244 g/mol. The van der Waals surface area contributed by atoms with Gasteiger partial charge in [-0.2, -0.15) is 0 Å². The predicted octanol–water partition coefficient (Wildman–Crippen LogP) is 0.961. The Hall–Kier alpha value is -0.520. The maximum absolute atomic E-state index is 11.4. The standard InChI is InChI=1S/C11H21ClN2O3/c1-6-7(16-3)5-8(17-4)9(12)10(6)14-11(15)13-2/h6-10H,5H2,1-4H3,(H2,13,14,15). The summed E-state index contributed by atoms with van der Waals surface area (Å²) in [5, 5.41) is 5.13. The van der Waals surface area contributed by atoms with E-state index in [1.165, 1.54) is 0 Å². The number of hydrogen-bond donors (Lipinski definition) is 2. The Bertz CT molecular complexity index is 249. The molecule has 0 aromatic rings. The molecule has 5 unspecified atom stereocenters. The van der Waals surface area contributed by atoms with Crippen molar-refractivity contribution in [1.29, 1.82) is 0 Å². The van der Waals surface area contributed by atoms with Crippen LogP contribution in [0, 0.1) is 5.92 Å². The van der Waals surface area contributed by atoms with E-state index in [-0.39, 0.29) is 35.6 Å². The number of urea groups is 1. The summed E-state index contributed by atoms with van der Waals surface area (Å²) in [7, 11) is 4.87. The molecular formula is C11H21ClN2O3. The first kappa shape index (κ1) is 14.5. The van der Waals surface area contributed by atoms with Crippen LogP contribution in [0.3, 0.4) is 0 Å². The van der Waals surface area contributed by atoms with E-state index < -0.39 is 0 Å². The Labute approximate surface area is 107 Å². The first-order chi connectivity index (χ1) is 8.04. The van der Waals surface area contributed by atoms with E-state index in [1.807, 2.05) is 6.92 Å². The zero-order chi connectivity index (χ0) is 13.0. The number of hydrogen-bond acceptors (Lipinski definition) is 3. The van der Waals surface area contributed by atoms with E-state index in [0.717, 1.165) is 6.42 Å². The van der Waals surface area contributed by atoms with E-state index in [2.05, 4.69) is 10.6 Å². The van der Waals surface area contributed by atoms with Gasteiger partial charge in [0.15, 0.2) is 0 Å².